The average molecular weight is 488 g/mol. The van der Waals surface area contributed by atoms with E-state index in [0.29, 0.717) is 6.61 Å². The highest BCUT2D eigenvalue weighted by Gasteiger charge is 2.54. The molecule has 2 aliphatic heterocycles. The van der Waals surface area contributed by atoms with Crippen molar-refractivity contribution >= 4 is 63.3 Å². The number of nitrogen functional groups attached to an aromatic ring is 1. The lowest BCUT2D eigenvalue weighted by Crippen LogP contribution is -2.71. The van der Waals surface area contributed by atoms with Gasteiger partial charge in [0.05, 0.1) is 5.03 Å². The van der Waals surface area contributed by atoms with Crippen LogP contribution in [0.15, 0.2) is 21.3 Å². The number of unbranched alkanes of at least 4 members (excludes halogenated alkanes) is 3. The van der Waals surface area contributed by atoms with Crippen LogP contribution in [0.4, 0.5) is 5.13 Å². The molecule has 0 saturated carbocycles. The van der Waals surface area contributed by atoms with Crippen molar-refractivity contribution in [2.75, 3.05) is 18.1 Å². The third-order valence-electron chi connectivity index (χ3n) is 4.64. The summed E-state index contributed by atoms with van der Waals surface area (Å²) >= 11 is 8.38. The quantitative estimate of drug-likeness (QED) is 0.196. The maximum atomic E-state index is 12.9. The van der Waals surface area contributed by atoms with Gasteiger partial charge in [-0.15, -0.1) is 23.1 Å². The summed E-state index contributed by atoms with van der Waals surface area (Å²) in [4.78, 5) is 47.4. The first kappa shape index (κ1) is 23.4. The number of nitrogens with two attached hydrogens (primary N) is 1. The molecule has 1 unspecified atom stereocenters. The summed E-state index contributed by atoms with van der Waals surface area (Å²) in [7, 11) is 0. The molecule has 10 nitrogen and oxygen atoms in total. The molecule has 168 valence electrons. The van der Waals surface area contributed by atoms with E-state index in [1.165, 1.54) is 11.8 Å². The van der Waals surface area contributed by atoms with Crippen molar-refractivity contribution in [2.45, 2.75) is 44.0 Å². The first-order chi connectivity index (χ1) is 14.8. The number of thioether (sulfide) groups is 1. The molecule has 2 amide bonds. The fourth-order valence-electron chi connectivity index (χ4n) is 3.10. The number of nitrogens with zero attached hydrogens (tertiary/aromatic N) is 3. The van der Waals surface area contributed by atoms with Gasteiger partial charge in [0, 0.05) is 11.1 Å². The van der Waals surface area contributed by atoms with Crippen molar-refractivity contribution in [1.29, 1.82) is 0 Å². The van der Waals surface area contributed by atoms with E-state index in [9.17, 15) is 19.5 Å². The maximum absolute atomic E-state index is 12.9. The molecular formula is C18H22ClN5O5S2. The molecule has 3 heterocycles. The van der Waals surface area contributed by atoms with Crippen LogP contribution in [-0.4, -0.2) is 62.3 Å². The average Bonchev–Trinajstić information content (AvgIpc) is 3.16. The van der Waals surface area contributed by atoms with Crippen LogP contribution in [0.25, 0.3) is 0 Å². The summed E-state index contributed by atoms with van der Waals surface area (Å²) in [5.41, 5.74) is 5.56. The molecule has 1 aromatic heterocycles. The smallest absolute Gasteiger partial charge is 0.353 e. The van der Waals surface area contributed by atoms with Crippen LogP contribution in [0.5, 0.6) is 0 Å². The minimum Gasteiger partial charge on any atom is -0.477 e. The Morgan fingerprint density at radius 3 is 2.87 bits per heavy atom. The second-order valence-electron chi connectivity index (χ2n) is 6.82. The largest absolute Gasteiger partial charge is 0.477 e. The SMILES string of the molecule is CCCCCCO/N=C(/C(=O)NC1C(=O)N2C(C(=O)O)=C(Cl)CS[C@H]12)c1csc(N)n1. The number of aromatic nitrogens is 1. The lowest BCUT2D eigenvalue weighted by molar-refractivity contribution is -0.150. The number of fused-ring (bicyclic) bond motifs is 1. The van der Waals surface area contributed by atoms with Crippen molar-refractivity contribution in [3.8, 4) is 0 Å². The Morgan fingerprint density at radius 2 is 2.23 bits per heavy atom. The number of carbonyl (C=O) groups excluding carboxylic acids is 2. The molecule has 0 aliphatic carbocycles. The molecule has 3 rings (SSSR count). The molecule has 0 radical (unpaired) electrons. The molecule has 1 fully saturated rings. The summed E-state index contributed by atoms with van der Waals surface area (Å²) in [6.45, 7) is 2.45. The van der Waals surface area contributed by atoms with Crippen molar-refractivity contribution in [3.05, 3.63) is 21.8 Å². The lowest BCUT2D eigenvalue weighted by Gasteiger charge is -2.48. The predicted octanol–water partition coefficient (Wildman–Crippen LogP) is 1.96. The number of carboxylic acid groups (broad SMARTS) is 1. The Morgan fingerprint density at radius 1 is 1.45 bits per heavy atom. The highest BCUT2D eigenvalue weighted by atomic mass is 35.5. The van der Waals surface area contributed by atoms with Gasteiger partial charge in [-0.1, -0.05) is 36.5 Å². The highest BCUT2D eigenvalue weighted by Crippen LogP contribution is 2.41. The first-order valence-corrected chi connectivity index (χ1v) is 11.9. The van der Waals surface area contributed by atoms with Crippen molar-refractivity contribution < 1.29 is 24.3 Å². The van der Waals surface area contributed by atoms with Gasteiger partial charge in [0.15, 0.2) is 10.8 Å². The number of thiazole rings is 1. The highest BCUT2D eigenvalue weighted by molar-refractivity contribution is 8.00. The number of oxime groups is 1. The number of hydrogen-bond acceptors (Lipinski definition) is 9. The number of rotatable bonds is 10. The number of hydrogen-bond donors (Lipinski definition) is 3. The van der Waals surface area contributed by atoms with Gasteiger partial charge in [0.25, 0.3) is 11.8 Å². The molecule has 4 N–H and O–H groups in total. The normalized spacial score (nSPS) is 20.9. The second-order valence-corrected chi connectivity index (χ2v) is 9.28. The topological polar surface area (TPSA) is 147 Å². The third-order valence-corrected chi connectivity index (χ3v) is 7.06. The van der Waals surface area contributed by atoms with Gasteiger partial charge in [0.1, 0.15) is 29.4 Å². The number of carboxylic acids is 1. The number of β-lactam (4-membered cyclic amide) rings is 1. The number of anilines is 1. The monoisotopic (exact) mass is 487 g/mol. The van der Waals surface area contributed by atoms with Gasteiger partial charge in [-0.25, -0.2) is 9.78 Å². The zero-order chi connectivity index (χ0) is 22.5. The number of nitrogens with one attached hydrogen (secondary N) is 1. The van der Waals surface area contributed by atoms with E-state index < -0.39 is 29.2 Å². The third kappa shape index (κ3) is 5.13. The van der Waals surface area contributed by atoms with E-state index in [1.54, 1.807) is 5.38 Å². The molecule has 0 aromatic carbocycles. The van der Waals surface area contributed by atoms with Gasteiger partial charge in [0.2, 0.25) is 0 Å². The van der Waals surface area contributed by atoms with Crippen LogP contribution in [0, 0.1) is 0 Å². The second kappa shape index (κ2) is 10.3. The van der Waals surface area contributed by atoms with Crippen molar-refractivity contribution in [2.24, 2.45) is 5.16 Å². The Hall–Kier alpha value is -2.31. The standard InChI is InChI=1S/C18H22ClN5O5S2/c1-2-3-4-5-6-29-23-11(10-8-31-18(20)21-10)14(25)22-12-15(26)24-13(17(27)28)9(19)7-30-16(12)24/h8,12,16H,2-7H2,1H3,(H2,20,21)(H,22,25)(H,27,28)/b23-11+/t12?,16-/m1/s1. The molecule has 13 heteroatoms. The summed E-state index contributed by atoms with van der Waals surface area (Å²) in [6.07, 6.45) is 3.96. The Labute approximate surface area is 191 Å². The summed E-state index contributed by atoms with van der Waals surface area (Å²) in [6, 6.07) is -0.914. The van der Waals surface area contributed by atoms with Gasteiger partial charge in [-0.3, -0.25) is 14.5 Å². The Bertz CT molecular complexity index is 934. The van der Waals surface area contributed by atoms with Gasteiger partial charge in [-0.2, -0.15) is 0 Å². The van der Waals surface area contributed by atoms with Crippen LogP contribution < -0.4 is 11.1 Å². The van der Waals surface area contributed by atoms with Gasteiger partial charge in [-0.05, 0) is 12.8 Å². The summed E-state index contributed by atoms with van der Waals surface area (Å²) in [5.74, 6) is -2.27. The number of halogens is 1. The molecule has 1 aromatic rings. The molecule has 0 bridgehead atoms. The van der Waals surface area contributed by atoms with Crippen molar-refractivity contribution in [3.63, 3.8) is 0 Å². The first-order valence-electron chi connectivity index (χ1n) is 9.64. The zero-order valence-corrected chi connectivity index (χ0v) is 19.1. The number of aliphatic carboxylic acids is 1. The Kier molecular flexibility index (Phi) is 7.79. The fourth-order valence-corrected chi connectivity index (χ4v) is 5.19. The van der Waals surface area contributed by atoms with Crippen LogP contribution in [0.2, 0.25) is 0 Å². The lowest BCUT2D eigenvalue weighted by atomic mass is 10.0. The van der Waals surface area contributed by atoms with Crippen LogP contribution >= 0.6 is 34.7 Å². The van der Waals surface area contributed by atoms with Gasteiger partial charge < -0.3 is 21.0 Å². The summed E-state index contributed by atoms with van der Waals surface area (Å²) in [5, 5.41) is 17.2. The number of carbonyl (C=O) groups is 3. The van der Waals surface area contributed by atoms with E-state index in [2.05, 4.69) is 22.4 Å². The van der Waals surface area contributed by atoms with E-state index in [1.807, 2.05) is 0 Å². The van der Waals surface area contributed by atoms with E-state index in [0.717, 1.165) is 41.9 Å². The molecule has 0 spiro atoms. The van der Waals surface area contributed by atoms with E-state index in [-0.39, 0.29) is 33.0 Å². The molecule has 31 heavy (non-hydrogen) atoms. The molecule has 2 atom stereocenters. The van der Waals surface area contributed by atoms with Gasteiger partial charge >= 0.3 is 5.97 Å². The van der Waals surface area contributed by atoms with Crippen LogP contribution in [0.3, 0.4) is 0 Å². The maximum Gasteiger partial charge on any atom is 0.353 e. The van der Waals surface area contributed by atoms with Crippen LogP contribution in [-0.2, 0) is 19.2 Å². The fraction of sp³-hybridized carbons (Fsp3) is 0.500. The van der Waals surface area contributed by atoms with Crippen molar-refractivity contribution in [1.82, 2.24) is 15.2 Å². The zero-order valence-electron chi connectivity index (χ0n) is 16.7. The van der Waals surface area contributed by atoms with E-state index in [4.69, 9.17) is 22.2 Å². The molecule has 2 aliphatic rings. The van der Waals surface area contributed by atoms with E-state index >= 15 is 0 Å². The molecular weight excluding hydrogens is 466 g/mol. The minimum absolute atomic E-state index is 0.0866. The Balaban J connectivity index is 1.70. The molecule has 1 saturated heterocycles. The van der Waals surface area contributed by atoms with Crippen LogP contribution in [0.1, 0.15) is 38.3 Å². The summed E-state index contributed by atoms with van der Waals surface area (Å²) < 4.78 is 0. The minimum atomic E-state index is -1.29. The number of amides is 2. The predicted molar refractivity (Wildman–Crippen MR) is 119 cm³/mol.